The van der Waals surface area contributed by atoms with E-state index in [0.29, 0.717) is 0 Å². The Bertz CT molecular complexity index is 581. The number of benzene rings is 1. The Morgan fingerprint density at radius 1 is 1.00 bits per heavy atom. The van der Waals surface area contributed by atoms with Crippen molar-refractivity contribution in [2.75, 3.05) is 0 Å². The van der Waals surface area contributed by atoms with Crippen LogP contribution in [0.25, 0.3) is 5.57 Å². The minimum Gasteiger partial charge on any atom is -0.100 e. The molecule has 0 heteroatoms. The summed E-state index contributed by atoms with van der Waals surface area (Å²) < 4.78 is 0. The third-order valence-corrected chi connectivity index (χ3v) is 6.57. The molecule has 1 saturated carbocycles. The van der Waals surface area contributed by atoms with E-state index in [2.05, 4.69) is 50.8 Å². The fraction of sp³-hybridized carbons (Fsp3) is 0.600. The van der Waals surface area contributed by atoms with Gasteiger partial charge in [0.05, 0.1) is 0 Å². The number of hydrogen-bond donors (Lipinski definition) is 0. The first-order valence-electron chi connectivity index (χ1n) is 10.5. The lowest BCUT2D eigenvalue weighted by Gasteiger charge is -2.34. The number of allylic oxidation sites excluding steroid dienone is 3. The molecule has 0 N–H and O–H groups in total. The van der Waals surface area contributed by atoms with E-state index in [-0.39, 0.29) is 0 Å². The standard InChI is InChI=1S/C25H36/c1-19(2)5-4-6-21-9-13-23(14-10-21)25-17-15-24(16-18-25)22-11-7-20(3)8-12-22/h9-10,13-14,17,20,22,24H,1,4-8,11-12,15-16,18H2,2-3H3. The molecule has 0 saturated heterocycles. The SMILES string of the molecule is C=C(C)CCCc1ccc(C2=CCC(C3CCC(C)CC3)CC2)cc1. The van der Waals surface area contributed by atoms with E-state index < -0.39 is 0 Å². The van der Waals surface area contributed by atoms with Gasteiger partial charge >= 0.3 is 0 Å². The maximum absolute atomic E-state index is 4.00. The zero-order valence-electron chi connectivity index (χ0n) is 16.4. The molecule has 0 nitrogen and oxygen atoms in total. The molecule has 2 aliphatic rings. The molecule has 0 spiro atoms. The van der Waals surface area contributed by atoms with Gasteiger partial charge in [-0.15, -0.1) is 6.58 Å². The molecule has 2 aliphatic carbocycles. The van der Waals surface area contributed by atoms with E-state index in [1.807, 2.05) is 0 Å². The fourth-order valence-corrected chi connectivity index (χ4v) is 4.78. The van der Waals surface area contributed by atoms with Gasteiger partial charge in [0.2, 0.25) is 0 Å². The van der Waals surface area contributed by atoms with Crippen molar-refractivity contribution in [2.45, 2.75) is 78.1 Å². The summed E-state index contributed by atoms with van der Waals surface area (Å²) in [5.74, 6) is 2.93. The van der Waals surface area contributed by atoms with Gasteiger partial charge < -0.3 is 0 Å². The van der Waals surface area contributed by atoms with Gasteiger partial charge in [-0.2, -0.15) is 0 Å². The Kier molecular flexibility index (Phi) is 6.57. The van der Waals surface area contributed by atoms with E-state index in [1.54, 1.807) is 5.57 Å². The molecule has 1 aromatic rings. The number of rotatable bonds is 6. The van der Waals surface area contributed by atoms with Crippen molar-refractivity contribution in [2.24, 2.45) is 17.8 Å². The van der Waals surface area contributed by atoms with Crippen LogP contribution >= 0.6 is 0 Å². The predicted molar refractivity (Wildman–Crippen MR) is 111 cm³/mol. The van der Waals surface area contributed by atoms with Crippen LogP contribution in [0, 0.1) is 17.8 Å². The van der Waals surface area contributed by atoms with Crippen LogP contribution in [0.2, 0.25) is 0 Å². The van der Waals surface area contributed by atoms with Crippen molar-refractivity contribution in [1.29, 1.82) is 0 Å². The van der Waals surface area contributed by atoms with E-state index >= 15 is 0 Å². The summed E-state index contributed by atoms with van der Waals surface area (Å²) in [5.41, 5.74) is 5.81. The van der Waals surface area contributed by atoms with Crippen LogP contribution in [0.4, 0.5) is 0 Å². The van der Waals surface area contributed by atoms with Crippen LogP contribution in [0.1, 0.15) is 82.8 Å². The molecule has 0 aromatic heterocycles. The molecule has 1 fully saturated rings. The average molecular weight is 337 g/mol. The smallest absolute Gasteiger partial charge is 0.0228 e. The second kappa shape index (κ2) is 8.88. The zero-order valence-corrected chi connectivity index (χ0v) is 16.4. The molecule has 1 aromatic carbocycles. The molecule has 1 unspecified atom stereocenters. The Morgan fingerprint density at radius 3 is 2.32 bits per heavy atom. The molecule has 0 amide bonds. The van der Waals surface area contributed by atoms with Gasteiger partial charge in [-0.05, 0) is 92.7 Å². The average Bonchev–Trinajstić information content (AvgIpc) is 2.63. The summed E-state index contributed by atoms with van der Waals surface area (Å²) in [6.45, 7) is 8.55. The summed E-state index contributed by atoms with van der Waals surface area (Å²) in [6, 6.07) is 9.38. The molecule has 1 atom stereocenters. The minimum atomic E-state index is 0.956. The predicted octanol–water partition coefficient (Wildman–Crippen LogP) is 7.60. The number of hydrogen-bond acceptors (Lipinski definition) is 0. The maximum Gasteiger partial charge on any atom is -0.0228 e. The summed E-state index contributed by atoms with van der Waals surface area (Å²) in [7, 11) is 0. The van der Waals surface area contributed by atoms with E-state index in [1.165, 1.54) is 74.5 Å². The van der Waals surface area contributed by atoms with Crippen molar-refractivity contribution in [1.82, 2.24) is 0 Å². The normalized spacial score (nSPS) is 27.0. The first-order valence-corrected chi connectivity index (χ1v) is 10.5. The van der Waals surface area contributed by atoms with Crippen LogP contribution < -0.4 is 0 Å². The summed E-state index contributed by atoms with van der Waals surface area (Å²) in [6.07, 6.45) is 16.0. The first-order chi connectivity index (χ1) is 12.1. The molecular formula is C25H36. The highest BCUT2D eigenvalue weighted by atomic mass is 14.3. The van der Waals surface area contributed by atoms with Crippen molar-refractivity contribution >= 4 is 5.57 Å². The van der Waals surface area contributed by atoms with Gasteiger partial charge in [0.1, 0.15) is 0 Å². The highest BCUT2D eigenvalue weighted by molar-refractivity contribution is 5.66. The van der Waals surface area contributed by atoms with Crippen molar-refractivity contribution in [3.8, 4) is 0 Å². The quantitative estimate of drug-likeness (QED) is 0.469. The Morgan fingerprint density at radius 2 is 1.72 bits per heavy atom. The van der Waals surface area contributed by atoms with E-state index in [0.717, 1.165) is 24.2 Å². The molecule has 136 valence electrons. The molecular weight excluding hydrogens is 300 g/mol. The first kappa shape index (κ1) is 18.5. The second-order valence-corrected chi connectivity index (χ2v) is 8.79. The van der Waals surface area contributed by atoms with Crippen molar-refractivity contribution in [3.05, 3.63) is 53.6 Å². The molecule has 0 aliphatic heterocycles. The fourth-order valence-electron chi connectivity index (χ4n) is 4.78. The number of aryl methyl sites for hydroxylation is 1. The van der Waals surface area contributed by atoms with Crippen LogP contribution in [0.15, 0.2) is 42.5 Å². The topological polar surface area (TPSA) is 0 Å². The summed E-state index contributed by atoms with van der Waals surface area (Å²) in [4.78, 5) is 0. The molecule has 0 heterocycles. The molecule has 25 heavy (non-hydrogen) atoms. The molecule has 0 radical (unpaired) electrons. The van der Waals surface area contributed by atoms with Gasteiger partial charge in [-0.1, -0.05) is 55.7 Å². The largest absolute Gasteiger partial charge is 0.100 e. The Labute approximate surface area is 155 Å². The van der Waals surface area contributed by atoms with Crippen LogP contribution in [0.5, 0.6) is 0 Å². The van der Waals surface area contributed by atoms with Gasteiger partial charge in [-0.3, -0.25) is 0 Å². The summed E-state index contributed by atoms with van der Waals surface area (Å²) in [5, 5.41) is 0. The van der Waals surface area contributed by atoms with Crippen LogP contribution in [-0.2, 0) is 6.42 Å². The van der Waals surface area contributed by atoms with Crippen molar-refractivity contribution in [3.63, 3.8) is 0 Å². The maximum atomic E-state index is 4.00. The minimum absolute atomic E-state index is 0.956. The van der Waals surface area contributed by atoms with E-state index in [4.69, 9.17) is 0 Å². The third kappa shape index (κ3) is 5.33. The Hall–Kier alpha value is -1.30. The lowest BCUT2D eigenvalue weighted by molar-refractivity contribution is 0.202. The van der Waals surface area contributed by atoms with Gasteiger partial charge in [-0.25, -0.2) is 0 Å². The van der Waals surface area contributed by atoms with Gasteiger partial charge in [0.25, 0.3) is 0 Å². The highest BCUT2D eigenvalue weighted by Crippen LogP contribution is 2.41. The third-order valence-electron chi connectivity index (χ3n) is 6.57. The summed E-state index contributed by atoms with van der Waals surface area (Å²) >= 11 is 0. The van der Waals surface area contributed by atoms with Crippen molar-refractivity contribution < 1.29 is 0 Å². The highest BCUT2D eigenvalue weighted by Gasteiger charge is 2.27. The lowest BCUT2D eigenvalue weighted by Crippen LogP contribution is -2.22. The molecule has 3 rings (SSSR count). The van der Waals surface area contributed by atoms with Crippen LogP contribution in [-0.4, -0.2) is 0 Å². The van der Waals surface area contributed by atoms with Crippen LogP contribution in [0.3, 0.4) is 0 Å². The van der Waals surface area contributed by atoms with E-state index in [9.17, 15) is 0 Å². The van der Waals surface area contributed by atoms with Gasteiger partial charge in [0.15, 0.2) is 0 Å². The second-order valence-electron chi connectivity index (χ2n) is 8.79. The zero-order chi connectivity index (χ0) is 17.6. The van der Waals surface area contributed by atoms with Gasteiger partial charge in [0, 0.05) is 0 Å². The lowest BCUT2D eigenvalue weighted by atomic mass is 9.71. The monoisotopic (exact) mass is 336 g/mol. The Balaban J connectivity index is 1.52. The molecule has 0 bridgehead atoms.